The highest BCUT2D eigenvalue weighted by atomic mass is 79.9. The SMILES string of the molecule is O=C1OC(c2ccccc2Br)=N/C1=C\c1cccc(OCc2cccc([N+](=O)[O-])c2)c1. The topological polar surface area (TPSA) is 91.0 Å². The molecule has 1 aliphatic rings. The Morgan fingerprint density at radius 1 is 1.06 bits per heavy atom. The number of non-ortho nitro benzene ring substituents is 1. The monoisotopic (exact) mass is 478 g/mol. The van der Waals surface area contributed by atoms with Crippen LogP contribution >= 0.6 is 15.9 Å². The van der Waals surface area contributed by atoms with Gasteiger partial charge in [0, 0.05) is 16.6 Å². The lowest BCUT2D eigenvalue weighted by Gasteiger charge is -2.07. The highest BCUT2D eigenvalue weighted by molar-refractivity contribution is 9.10. The number of ether oxygens (including phenoxy) is 2. The molecule has 0 bridgehead atoms. The molecule has 0 saturated carbocycles. The summed E-state index contributed by atoms with van der Waals surface area (Å²) in [5.74, 6) is 0.262. The first-order chi connectivity index (χ1) is 15.0. The zero-order valence-corrected chi connectivity index (χ0v) is 17.6. The Morgan fingerprint density at radius 3 is 2.68 bits per heavy atom. The highest BCUT2D eigenvalue weighted by Crippen LogP contribution is 2.25. The Morgan fingerprint density at radius 2 is 1.87 bits per heavy atom. The molecule has 0 spiro atoms. The fourth-order valence-corrected chi connectivity index (χ4v) is 3.39. The molecular weight excluding hydrogens is 464 g/mol. The van der Waals surface area contributed by atoms with Crippen molar-refractivity contribution in [3.05, 3.63) is 110 Å². The molecule has 0 unspecified atom stereocenters. The Balaban J connectivity index is 1.51. The summed E-state index contributed by atoms with van der Waals surface area (Å²) in [5, 5.41) is 10.9. The van der Waals surface area contributed by atoms with E-state index in [0.717, 1.165) is 4.47 Å². The number of aliphatic imine (C=N–C) groups is 1. The molecule has 1 heterocycles. The van der Waals surface area contributed by atoms with Crippen LogP contribution in [0.25, 0.3) is 6.08 Å². The standard InChI is InChI=1S/C23H15BrN2O5/c24-20-10-2-1-9-19(20)22-25-21(23(27)31-22)13-15-5-4-8-18(12-15)30-14-16-6-3-7-17(11-16)26(28)29/h1-13H,14H2/b21-13-. The number of benzene rings is 3. The maximum absolute atomic E-state index is 12.2. The number of cyclic esters (lactones) is 1. The van der Waals surface area contributed by atoms with Gasteiger partial charge in [0.15, 0.2) is 5.70 Å². The van der Waals surface area contributed by atoms with Gasteiger partial charge in [-0.2, -0.15) is 0 Å². The van der Waals surface area contributed by atoms with Gasteiger partial charge in [0.25, 0.3) is 5.69 Å². The Bertz CT molecular complexity index is 1240. The summed E-state index contributed by atoms with van der Waals surface area (Å²) in [4.78, 5) is 27.0. The van der Waals surface area contributed by atoms with Crippen LogP contribution in [0.4, 0.5) is 5.69 Å². The van der Waals surface area contributed by atoms with Crippen molar-refractivity contribution in [1.29, 1.82) is 0 Å². The normalized spacial score (nSPS) is 14.3. The maximum Gasteiger partial charge on any atom is 0.363 e. The molecule has 0 fully saturated rings. The van der Waals surface area contributed by atoms with Crippen LogP contribution in [0.5, 0.6) is 5.75 Å². The summed E-state index contributed by atoms with van der Waals surface area (Å²) in [5.41, 5.74) is 2.27. The number of nitrogens with zero attached hydrogens (tertiary/aromatic N) is 2. The quantitative estimate of drug-likeness (QED) is 0.208. The van der Waals surface area contributed by atoms with Crippen LogP contribution in [-0.2, 0) is 16.1 Å². The van der Waals surface area contributed by atoms with Gasteiger partial charge in [0.05, 0.1) is 10.5 Å². The molecule has 3 aromatic rings. The Hall–Kier alpha value is -3.78. The van der Waals surface area contributed by atoms with Crippen LogP contribution in [0.15, 0.2) is 88.0 Å². The van der Waals surface area contributed by atoms with Crippen molar-refractivity contribution < 1.29 is 19.2 Å². The Kier molecular flexibility index (Phi) is 5.90. The molecule has 31 heavy (non-hydrogen) atoms. The molecular formula is C23H15BrN2O5. The van der Waals surface area contributed by atoms with E-state index >= 15 is 0 Å². The average Bonchev–Trinajstić information content (AvgIpc) is 3.13. The molecule has 7 nitrogen and oxygen atoms in total. The predicted octanol–water partition coefficient (Wildman–Crippen LogP) is 5.28. The van der Waals surface area contributed by atoms with Gasteiger partial charge in [-0.05, 0) is 57.4 Å². The number of hydrogen-bond acceptors (Lipinski definition) is 6. The van der Waals surface area contributed by atoms with E-state index in [0.29, 0.717) is 22.4 Å². The minimum atomic E-state index is -0.534. The van der Waals surface area contributed by atoms with Crippen molar-refractivity contribution in [3.8, 4) is 5.75 Å². The van der Waals surface area contributed by atoms with Crippen molar-refractivity contribution in [3.63, 3.8) is 0 Å². The molecule has 0 aliphatic carbocycles. The van der Waals surface area contributed by atoms with Gasteiger partial charge in [-0.1, -0.05) is 36.4 Å². The van der Waals surface area contributed by atoms with Crippen LogP contribution in [-0.4, -0.2) is 16.8 Å². The first-order valence-corrected chi connectivity index (χ1v) is 10.0. The second kappa shape index (κ2) is 8.93. The number of halogens is 1. The minimum Gasteiger partial charge on any atom is -0.489 e. The molecule has 154 valence electrons. The highest BCUT2D eigenvalue weighted by Gasteiger charge is 2.25. The number of rotatable bonds is 6. The zero-order chi connectivity index (χ0) is 21.8. The van der Waals surface area contributed by atoms with Gasteiger partial charge in [0.1, 0.15) is 12.4 Å². The van der Waals surface area contributed by atoms with Crippen LogP contribution in [0.1, 0.15) is 16.7 Å². The molecule has 0 radical (unpaired) electrons. The van der Waals surface area contributed by atoms with Crippen molar-refractivity contribution >= 4 is 39.6 Å². The smallest absolute Gasteiger partial charge is 0.363 e. The van der Waals surface area contributed by atoms with E-state index in [1.54, 1.807) is 36.4 Å². The van der Waals surface area contributed by atoms with Crippen LogP contribution in [0.2, 0.25) is 0 Å². The third-order valence-electron chi connectivity index (χ3n) is 4.41. The molecule has 8 heteroatoms. The third kappa shape index (κ3) is 4.87. The van der Waals surface area contributed by atoms with Crippen molar-refractivity contribution in [2.75, 3.05) is 0 Å². The minimum absolute atomic E-state index is 0.0121. The summed E-state index contributed by atoms with van der Waals surface area (Å²) in [6.45, 7) is 0.175. The van der Waals surface area contributed by atoms with Crippen LogP contribution < -0.4 is 4.74 Å². The van der Waals surface area contributed by atoms with Crippen molar-refractivity contribution in [2.24, 2.45) is 4.99 Å². The lowest BCUT2D eigenvalue weighted by atomic mass is 10.2. The lowest BCUT2D eigenvalue weighted by molar-refractivity contribution is -0.384. The van der Waals surface area contributed by atoms with Crippen molar-refractivity contribution in [1.82, 2.24) is 0 Å². The molecule has 0 atom stereocenters. The lowest BCUT2D eigenvalue weighted by Crippen LogP contribution is -2.05. The van der Waals surface area contributed by atoms with Gasteiger partial charge >= 0.3 is 5.97 Å². The summed E-state index contributed by atoms with van der Waals surface area (Å²) < 4.78 is 11.8. The number of carbonyl (C=O) groups excluding carboxylic acids is 1. The summed E-state index contributed by atoms with van der Waals surface area (Å²) in [7, 11) is 0. The largest absolute Gasteiger partial charge is 0.489 e. The van der Waals surface area contributed by atoms with Gasteiger partial charge in [-0.3, -0.25) is 10.1 Å². The van der Waals surface area contributed by atoms with E-state index in [1.165, 1.54) is 12.1 Å². The number of nitro groups is 1. The number of esters is 1. The maximum atomic E-state index is 12.2. The molecule has 4 rings (SSSR count). The van der Waals surface area contributed by atoms with Gasteiger partial charge in [-0.25, -0.2) is 9.79 Å². The fourth-order valence-electron chi connectivity index (χ4n) is 2.94. The summed E-state index contributed by atoms with van der Waals surface area (Å²) in [6.07, 6.45) is 1.62. The predicted molar refractivity (Wildman–Crippen MR) is 119 cm³/mol. The van der Waals surface area contributed by atoms with E-state index in [-0.39, 0.29) is 23.9 Å². The second-order valence-electron chi connectivity index (χ2n) is 6.60. The summed E-state index contributed by atoms with van der Waals surface area (Å²) >= 11 is 3.43. The average molecular weight is 479 g/mol. The van der Waals surface area contributed by atoms with Crippen molar-refractivity contribution in [2.45, 2.75) is 6.61 Å². The number of hydrogen-bond donors (Lipinski definition) is 0. The van der Waals surface area contributed by atoms with E-state index in [2.05, 4.69) is 20.9 Å². The van der Waals surface area contributed by atoms with Crippen LogP contribution in [0.3, 0.4) is 0 Å². The zero-order valence-electron chi connectivity index (χ0n) is 16.0. The van der Waals surface area contributed by atoms with E-state index in [9.17, 15) is 14.9 Å². The number of carbonyl (C=O) groups is 1. The third-order valence-corrected chi connectivity index (χ3v) is 5.10. The first kappa shape index (κ1) is 20.5. The summed E-state index contributed by atoms with van der Waals surface area (Å²) in [6, 6.07) is 20.7. The van der Waals surface area contributed by atoms with E-state index < -0.39 is 10.9 Å². The molecule has 0 amide bonds. The second-order valence-corrected chi connectivity index (χ2v) is 7.46. The molecule has 0 aromatic heterocycles. The van der Waals surface area contributed by atoms with Gasteiger partial charge in [-0.15, -0.1) is 0 Å². The molecule has 0 N–H and O–H groups in total. The fraction of sp³-hybridized carbons (Fsp3) is 0.0435. The molecule has 1 aliphatic heterocycles. The first-order valence-electron chi connectivity index (χ1n) is 9.23. The Labute approximate surface area is 185 Å². The number of nitro benzene ring substituents is 1. The van der Waals surface area contributed by atoms with Gasteiger partial charge in [0.2, 0.25) is 5.90 Å². The molecule has 3 aromatic carbocycles. The van der Waals surface area contributed by atoms with Crippen LogP contribution in [0, 0.1) is 10.1 Å². The molecule has 0 saturated heterocycles. The van der Waals surface area contributed by atoms with E-state index in [4.69, 9.17) is 9.47 Å². The van der Waals surface area contributed by atoms with E-state index in [1.807, 2.05) is 30.3 Å². The van der Waals surface area contributed by atoms with Gasteiger partial charge < -0.3 is 9.47 Å².